The second kappa shape index (κ2) is 20.7. The molecule has 0 bridgehead atoms. The predicted octanol–water partition coefficient (Wildman–Crippen LogP) is -3.32. The number of methoxy groups -OCH3 is 1. The number of esters is 1. The number of phenols is 2. The minimum atomic E-state index is -2.01. The average molecular weight is 949 g/mol. The molecule has 67 heavy (non-hydrogen) atoms. The Bertz CT molecular complexity index is 2440. The van der Waals surface area contributed by atoms with Crippen LogP contribution in [0.1, 0.15) is 5.56 Å². The number of phenolic OH excluding ortho intramolecular Hbond substituents is 2. The first-order valence-electron chi connectivity index (χ1n) is 20.4. The van der Waals surface area contributed by atoms with E-state index in [1.54, 1.807) is 0 Å². The van der Waals surface area contributed by atoms with Gasteiger partial charge >= 0.3 is 5.97 Å². The molecule has 3 fully saturated rings. The van der Waals surface area contributed by atoms with E-state index in [2.05, 4.69) is 0 Å². The zero-order valence-electron chi connectivity index (χ0n) is 34.9. The third kappa shape index (κ3) is 10.3. The number of ether oxygens (including phenoxy) is 8. The van der Waals surface area contributed by atoms with Crippen molar-refractivity contribution < 1.29 is 113 Å². The molecule has 4 heterocycles. The van der Waals surface area contributed by atoms with Crippen LogP contribution in [0.5, 0.6) is 34.5 Å². The summed E-state index contributed by atoms with van der Waals surface area (Å²) in [5.41, 5.74) is -1.04. The number of aliphatic hydroxyl groups excluding tert-OH is 11. The van der Waals surface area contributed by atoms with Crippen LogP contribution in [0, 0.1) is 0 Å². The van der Waals surface area contributed by atoms with Gasteiger partial charge in [0.05, 0.1) is 20.3 Å². The maximum absolute atomic E-state index is 14.3. The molecule has 0 unspecified atom stereocenters. The van der Waals surface area contributed by atoms with Gasteiger partial charge < -0.3 is 109 Å². The van der Waals surface area contributed by atoms with Gasteiger partial charge in [-0.1, -0.05) is 6.07 Å². The fourth-order valence-corrected chi connectivity index (χ4v) is 7.35. The summed E-state index contributed by atoms with van der Waals surface area (Å²) in [5, 5.41) is 134. The Hall–Kier alpha value is -5.68. The average Bonchev–Trinajstić information content (AvgIpc) is 3.32. The van der Waals surface area contributed by atoms with Gasteiger partial charge in [0.25, 0.3) is 0 Å². The van der Waals surface area contributed by atoms with Crippen molar-refractivity contribution >= 4 is 23.0 Å². The number of hydrogen-bond donors (Lipinski definition) is 13. The van der Waals surface area contributed by atoms with E-state index in [1.807, 2.05) is 0 Å². The van der Waals surface area contributed by atoms with Crippen molar-refractivity contribution in [2.45, 2.75) is 92.1 Å². The van der Waals surface area contributed by atoms with Crippen LogP contribution in [-0.2, 0) is 23.7 Å². The van der Waals surface area contributed by atoms with Crippen molar-refractivity contribution in [2.75, 3.05) is 26.9 Å². The molecular weight excluding hydrogens is 900 g/mol. The van der Waals surface area contributed by atoms with Crippen molar-refractivity contribution in [3.63, 3.8) is 0 Å². The number of hydrogen-bond acceptors (Lipinski definition) is 24. The summed E-state index contributed by atoms with van der Waals surface area (Å²) in [5.74, 6) is -3.23. The largest absolute Gasteiger partial charge is 0.507 e. The first-order chi connectivity index (χ1) is 31.9. The topological polar surface area (TPSA) is 384 Å². The number of carbonyl (C=O) groups is 1. The van der Waals surface area contributed by atoms with Crippen LogP contribution in [0.25, 0.3) is 28.4 Å². The quantitative estimate of drug-likeness (QED) is 0.0434. The van der Waals surface area contributed by atoms with Gasteiger partial charge in [-0.3, -0.25) is 4.79 Å². The van der Waals surface area contributed by atoms with E-state index in [0.717, 1.165) is 18.2 Å². The number of aromatic hydroxyl groups is 2. The predicted molar refractivity (Wildman–Crippen MR) is 220 cm³/mol. The second-order valence-electron chi connectivity index (χ2n) is 15.6. The van der Waals surface area contributed by atoms with Gasteiger partial charge in [-0.15, -0.1) is 0 Å². The van der Waals surface area contributed by atoms with Crippen molar-refractivity contribution in [3.05, 3.63) is 76.5 Å². The van der Waals surface area contributed by atoms with Crippen molar-refractivity contribution in [3.8, 4) is 45.8 Å². The van der Waals surface area contributed by atoms with E-state index in [4.69, 9.17) is 42.3 Å². The van der Waals surface area contributed by atoms with E-state index < -0.39 is 152 Å². The van der Waals surface area contributed by atoms with E-state index in [1.165, 1.54) is 55.7 Å². The molecule has 3 saturated heterocycles. The molecule has 13 N–H and O–H groups in total. The molecule has 24 heteroatoms. The third-order valence-electron chi connectivity index (χ3n) is 11.1. The zero-order chi connectivity index (χ0) is 48.4. The number of carbonyl (C=O) groups excluding carboxylic acids is 1. The molecule has 15 atom stereocenters. The molecule has 0 amide bonds. The number of aliphatic hydroxyl groups is 11. The van der Waals surface area contributed by atoms with Crippen LogP contribution in [-0.4, -0.2) is 191 Å². The first-order valence-corrected chi connectivity index (χ1v) is 20.4. The van der Waals surface area contributed by atoms with Crippen molar-refractivity contribution in [1.29, 1.82) is 0 Å². The molecule has 3 aromatic carbocycles. The van der Waals surface area contributed by atoms with Crippen LogP contribution in [0.4, 0.5) is 0 Å². The zero-order valence-corrected chi connectivity index (χ0v) is 34.9. The molecule has 0 spiro atoms. The van der Waals surface area contributed by atoms with E-state index in [0.29, 0.717) is 5.56 Å². The lowest BCUT2D eigenvalue weighted by atomic mass is 9.99. The highest BCUT2D eigenvalue weighted by molar-refractivity contribution is 5.88. The molecule has 364 valence electrons. The molecule has 0 aliphatic carbocycles. The number of rotatable bonds is 14. The second-order valence-corrected chi connectivity index (χ2v) is 15.6. The standard InChI is InChI=1S/C43H48O24/c1-59-22-10-16(2-8-20(22)46)3-9-27(48)60-15-26-31(51)35(55)37(57)42(66-26)62-19-11-21(47)28-23(12-19)63-39(40(32(28)52)67-43-38(58)34(54)30(50)25(14-45)65-43)17-4-6-18(7-5-17)61-41-36(56)33(53)29(49)24(13-44)64-41/h2-12,24-26,29-31,33-38,41-47,49-51,53-58H,13-15H2,1H3/b9-3+/t24-,25-,26-,29-,30-,31-,33+,34+,35+,36-,37-,38-,41-,42-,43+/m1/s1. The summed E-state index contributed by atoms with van der Waals surface area (Å²) in [6.45, 7) is -2.22. The van der Waals surface area contributed by atoms with Gasteiger partial charge in [-0.2, -0.15) is 0 Å². The summed E-state index contributed by atoms with van der Waals surface area (Å²) >= 11 is 0. The lowest BCUT2D eigenvalue weighted by Gasteiger charge is -2.39. The molecule has 3 aliphatic heterocycles. The summed E-state index contributed by atoms with van der Waals surface area (Å²) in [6, 6.07) is 11.4. The Kier molecular flexibility index (Phi) is 15.2. The number of fused-ring (bicyclic) bond motifs is 1. The van der Waals surface area contributed by atoms with Crippen LogP contribution >= 0.6 is 0 Å². The van der Waals surface area contributed by atoms with Gasteiger partial charge in [0, 0.05) is 23.8 Å². The van der Waals surface area contributed by atoms with Crippen LogP contribution < -0.4 is 24.4 Å². The lowest BCUT2D eigenvalue weighted by molar-refractivity contribution is -0.278. The SMILES string of the molecule is COc1cc(/C=C/C(=O)OC[C@H]2O[C@@H](Oc3cc(O)c4c(=O)c(O[C@@H]5O[C@H](CO)[C@@H](O)[C@H](O)[C@H]5O)c(-c5ccc(O[C@@H]6O[C@H](CO)[C@@H](O)[C@H](O)[C@H]6O)cc5)oc4c3)[C@H](O)[C@@H](O)[C@@H]2O)ccc1O. The van der Waals surface area contributed by atoms with E-state index in [-0.39, 0.29) is 28.6 Å². The Morgan fingerprint density at radius 2 is 1.16 bits per heavy atom. The van der Waals surface area contributed by atoms with Crippen molar-refractivity contribution in [1.82, 2.24) is 0 Å². The molecule has 0 saturated carbocycles. The van der Waals surface area contributed by atoms with Crippen LogP contribution in [0.15, 0.2) is 69.9 Å². The smallest absolute Gasteiger partial charge is 0.330 e. The Morgan fingerprint density at radius 1 is 0.627 bits per heavy atom. The van der Waals surface area contributed by atoms with Gasteiger partial charge in [-0.05, 0) is 48.0 Å². The summed E-state index contributed by atoms with van der Waals surface area (Å²) in [4.78, 5) is 26.8. The number of benzene rings is 3. The van der Waals surface area contributed by atoms with Gasteiger partial charge in [0.15, 0.2) is 17.3 Å². The summed E-state index contributed by atoms with van der Waals surface area (Å²) in [6.07, 6.45) is -23.7. The minimum Gasteiger partial charge on any atom is -0.507 e. The van der Waals surface area contributed by atoms with Crippen molar-refractivity contribution in [2.24, 2.45) is 0 Å². The highest BCUT2D eigenvalue weighted by Crippen LogP contribution is 2.39. The molecule has 1 aromatic heterocycles. The minimum absolute atomic E-state index is 0.0149. The van der Waals surface area contributed by atoms with Crippen LogP contribution in [0.2, 0.25) is 0 Å². The maximum atomic E-state index is 14.3. The fraction of sp³-hybridized carbons (Fsp3) is 0.442. The first kappa shape index (κ1) is 49.2. The lowest BCUT2D eigenvalue weighted by Crippen LogP contribution is -2.60. The van der Waals surface area contributed by atoms with Crippen LogP contribution in [0.3, 0.4) is 0 Å². The molecular formula is C43H48O24. The fourth-order valence-electron chi connectivity index (χ4n) is 7.35. The molecule has 7 rings (SSSR count). The Morgan fingerprint density at radius 3 is 1.73 bits per heavy atom. The molecule has 3 aliphatic rings. The Balaban J connectivity index is 1.16. The normalized spacial score (nSPS) is 32.2. The summed E-state index contributed by atoms with van der Waals surface area (Å²) < 4.78 is 50.0. The highest BCUT2D eigenvalue weighted by Gasteiger charge is 2.48. The maximum Gasteiger partial charge on any atom is 0.330 e. The monoisotopic (exact) mass is 948 g/mol. The van der Waals surface area contributed by atoms with Gasteiger partial charge in [0.1, 0.15) is 108 Å². The third-order valence-corrected chi connectivity index (χ3v) is 11.1. The molecule has 4 aromatic rings. The van der Waals surface area contributed by atoms with Gasteiger partial charge in [-0.25, -0.2) is 4.79 Å². The highest BCUT2D eigenvalue weighted by atomic mass is 16.7. The summed E-state index contributed by atoms with van der Waals surface area (Å²) in [7, 11) is 1.34. The van der Waals surface area contributed by atoms with E-state index in [9.17, 15) is 76.0 Å². The van der Waals surface area contributed by atoms with E-state index >= 15 is 0 Å². The van der Waals surface area contributed by atoms with Gasteiger partial charge in [0.2, 0.25) is 30.0 Å². The Labute approximate surface area is 377 Å². The molecule has 0 radical (unpaired) electrons. The molecule has 24 nitrogen and oxygen atoms in total.